The molecule has 0 bridgehead atoms. The normalized spacial score (nSPS) is 12.1. The molecule has 1 atom stereocenters. The topological polar surface area (TPSA) is 47.0 Å². The third-order valence-electron chi connectivity index (χ3n) is 3.30. The Labute approximate surface area is 120 Å². The molecule has 2 aromatic heterocycles. The van der Waals surface area contributed by atoms with E-state index in [4.69, 9.17) is 4.74 Å². The van der Waals surface area contributed by atoms with Crippen LogP contribution in [-0.2, 0) is 6.42 Å². The summed E-state index contributed by atoms with van der Waals surface area (Å²) in [5.41, 5.74) is 2.45. The van der Waals surface area contributed by atoms with Crippen LogP contribution in [0.5, 0.6) is 5.88 Å². The van der Waals surface area contributed by atoms with E-state index in [1.54, 1.807) is 0 Å². The van der Waals surface area contributed by atoms with E-state index in [2.05, 4.69) is 22.2 Å². The highest BCUT2D eigenvalue weighted by Gasteiger charge is 2.03. The molecule has 0 aromatic carbocycles. The summed E-state index contributed by atoms with van der Waals surface area (Å²) in [7, 11) is 1.94. The van der Waals surface area contributed by atoms with Crippen LogP contribution >= 0.6 is 0 Å². The van der Waals surface area contributed by atoms with Crippen LogP contribution in [0.25, 0.3) is 0 Å². The van der Waals surface area contributed by atoms with E-state index in [0.29, 0.717) is 18.5 Å². The van der Waals surface area contributed by atoms with E-state index in [-0.39, 0.29) is 0 Å². The number of hydrogen-bond acceptors (Lipinski definition) is 4. The van der Waals surface area contributed by atoms with E-state index in [9.17, 15) is 0 Å². The fourth-order valence-electron chi connectivity index (χ4n) is 1.90. The quantitative estimate of drug-likeness (QED) is 0.787. The summed E-state index contributed by atoms with van der Waals surface area (Å²) in [5.74, 6) is 0.687. The van der Waals surface area contributed by atoms with Crippen LogP contribution in [0.15, 0.2) is 42.9 Å². The van der Waals surface area contributed by atoms with E-state index in [1.807, 2.05) is 49.9 Å². The van der Waals surface area contributed by atoms with Crippen LogP contribution in [0, 0.1) is 0 Å². The van der Waals surface area contributed by atoms with Gasteiger partial charge in [0.25, 0.3) is 0 Å². The van der Waals surface area contributed by atoms with Crippen molar-refractivity contribution in [2.75, 3.05) is 13.7 Å². The van der Waals surface area contributed by atoms with Crippen LogP contribution in [0.1, 0.15) is 30.5 Å². The summed E-state index contributed by atoms with van der Waals surface area (Å²) < 4.78 is 5.65. The first kappa shape index (κ1) is 14.5. The molecule has 4 nitrogen and oxygen atoms in total. The molecular weight excluding hydrogens is 250 g/mol. The molecule has 2 rings (SSSR count). The molecule has 0 fully saturated rings. The van der Waals surface area contributed by atoms with Crippen LogP contribution in [-0.4, -0.2) is 23.6 Å². The van der Waals surface area contributed by atoms with Crippen LogP contribution in [0.2, 0.25) is 0 Å². The van der Waals surface area contributed by atoms with E-state index in [1.165, 1.54) is 5.56 Å². The minimum Gasteiger partial charge on any atom is -0.478 e. The monoisotopic (exact) mass is 271 g/mol. The smallest absolute Gasteiger partial charge is 0.213 e. The molecule has 0 amide bonds. The maximum atomic E-state index is 5.65. The first-order chi connectivity index (χ1) is 9.79. The molecule has 1 unspecified atom stereocenters. The molecule has 0 saturated carbocycles. The molecule has 2 aromatic rings. The van der Waals surface area contributed by atoms with Crippen LogP contribution in [0.4, 0.5) is 0 Å². The highest BCUT2D eigenvalue weighted by molar-refractivity contribution is 5.20. The second-order valence-corrected chi connectivity index (χ2v) is 4.75. The molecule has 2 heterocycles. The lowest BCUT2D eigenvalue weighted by Gasteiger charge is -2.11. The van der Waals surface area contributed by atoms with Crippen molar-refractivity contribution in [3.8, 4) is 5.88 Å². The first-order valence-electron chi connectivity index (χ1n) is 6.94. The standard InChI is InChI=1S/C16H21N3O/c1-13(17-2)15-5-6-16(19-12-15)20-11-3-4-14-7-9-18-10-8-14/h5-10,12-13,17H,3-4,11H2,1-2H3. The second kappa shape index (κ2) is 7.60. The van der Waals surface area contributed by atoms with Gasteiger partial charge in [-0.2, -0.15) is 0 Å². The maximum absolute atomic E-state index is 5.65. The lowest BCUT2D eigenvalue weighted by molar-refractivity contribution is 0.299. The average molecular weight is 271 g/mol. The van der Waals surface area contributed by atoms with Crippen molar-refractivity contribution in [3.63, 3.8) is 0 Å². The molecule has 0 aliphatic rings. The zero-order valence-electron chi connectivity index (χ0n) is 12.0. The highest BCUT2D eigenvalue weighted by Crippen LogP contribution is 2.14. The van der Waals surface area contributed by atoms with Gasteiger partial charge in [0.15, 0.2) is 0 Å². The minimum absolute atomic E-state index is 0.309. The van der Waals surface area contributed by atoms with Gasteiger partial charge in [0, 0.05) is 30.7 Å². The van der Waals surface area contributed by atoms with Gasteiger partial charge >= 0.3 is 0 Å². The van der Waals surface area contributed by atoms with Crippen LogP contribution < -0.4 is 10.1 Å². The summed E-state index contributed by atoms with van der Waals surface area (Å²) in [6.07, 6.45) is 7.47. The van der Waals surface area contributed by atoms with Gasteiger partial charge in [-0.05, 0) is 50.1 Å². The molecule has 0 spiro atoms. The first-order valence-corrected chi connectivity index (χ1v) is 6.94. The number of pyridine rings is 2. The summed E-state index contributed by atoms with van der Waals surface area (Å²) >= 11 is 0. The number of rotatable bonds is 7. The molecule has 4 heteroatoms. The van der Waals surface area contributed by atoms with Gasteiger partial charge in [-0.15, -0.1) is 0 Å². The Morgan fingerprint density at radius 1 is 1.20 bits per heavy atom. The van der Waals surface area contributed by atoms with Gasteiger partial charge in [-0.25, -0.2) is 4.98 Å². The van der Waals surface area contributed by atoms with Crippen LogP contribution in [0.3, 0.4) is 0 Å². The Balaban J connectivity index is 1.74. The molecule has 1 N–H and O–H groups in total. The minimum atomic E-state index is 0.309. The number of aromatic nitrogens is 2. The van der Waals surface area contributed by atoms with Crippen molar-refractivity contribution < 1.29 is 4.74 Å². The van der Waals surface area contributed by atoms with Gasteiger partial charge in [0.05, 0.1) is 6.61 Å². The fraction of sp³-hybridized carbons (Fsp3) is 0.375. The third-order valence-corrected chi connectivity index (χ3v) is 3.30. The molecule has 0 aliphatic carbocycles. The van der Waals surface area contributed by atoms with Gasteiger partial charge in [-0.3, -0.25) is 4.98 Å². The Morgan fingerprint density at radius 2 is 2.00 bits per heavy atom. The van der Waals surface area contributed by atoms with Crippen molar-refractivity contribution in [1.29, 1.82) is 0 Å². The largest absolute Gasteiger partial charge is 0.478 e. The summed E-state index contributed by atoms with van der Waals surface area (Å²) in [4.78, 5) is 8.32. The average Bonchev–Trinajstić information content (AvgIpc) is 2.52. The third kappa shape index (κ3) is 4.31. The zero-order valence-corrected chi connectivity index (χ0v) is 12.0. The zero-order chi connectivity index (χ0) is 14.2. The van der Waals surface area contributed by atoms with Gasteiger partial charge in [0.1, 0.15) is 0 Å². The molecule has 20 heavy (non-hydrogen) atoms. The molecule has 106 valence electrons. The SMILES string of the molecule is CNC(C)c1ccc(OCCCc2ccncc2)nc1. The Hall–Kier alpha value is -1.94. The number of nitrogens with one attached hydrogen (secondary N) is 1. The Kier molecular flexibility index (Phi) is 5.50. The lowest BCUT2D eigenvalue weighted by atomic mass is 10.1. The number of ether oxygens (including phenoxy) is 1. The molecule has 0 radical (unpaired) electrons. The second-order valence-electron chi connectivity index (χ2n) is 4.75. The highest BCUT2D eigenvalue weighted by atomic mass is 16.5. The summed E-state index contributed by atoms with van der Waals surface area (Å²) in [6, 6.07) is 8.35. The van der Waals surface area contributed by atoms with Crippen molar-refractivity contribution in [1.82, 2.24) is 15.3 Å². The van der Waals surface area contributed by atoms with E-state index in [0.717, 1.165) is 18.4 Å². The van der Waals surface area contributed by atoms with Crippen molar-refractivity contribution in [2.45, 2.75) is 25.8 Å². The number of aryl methyl sites for hydroxylation is 1. The van der Waals surface area contributed by atoms with Gasteiger partial charge in [-0.1, -0.05) is 6.07 Å². The van der Waals surface area contributed by atoms with Crippen molar-refractivity contribution in [2.24, 2.45) is 0 Å². The Morgan fingerprint density at radius 3 is 2.65 bits per heavy atom. The number of hydrogen-bond donors (Lipinski definition) is 1. The van der Waals surface area contributed by atoms with Crippen molar-refractivity contribution in [3.05, 3.63) is 54.0 Å². The number of nitrogens with zero attached hydrogens (tertiary/aromatic N) is 2. The maximum Gasteiger partial charge on any atom is 0.213 e. The van der Waals surface area contributed by atoms with Crippen molar-refractivity contribution >= 4 is 0 Å². The lowest BCUT2D eigenvalue weighted by Crippen LogP contribution is -2.12. The van der Waals surface area contributed by atoms with Gasteiger partial charge in [0.2, 0.25) is 5.88 Å². The predicted molar refractivity (Wildman–Crippen MR) is 79.8 cm³/mol. The predicted octanol–water partition coefficient (Wildman–Crippen LogP) is 2.77. The fourth-order valence-corrected chi connectivity index (χ4v) is 1.90. The molecular formula is C16H21N3O. The van der Waals surface area contributed by atoms with Gasteiger partial charge < -0.3 is 10.1 Å². The summed E-state index contributed by atoms with van der Waals surface area (Å²) in [6.45, 7) is 2.78. The van der Waals surface area contributed by atoms with E-state index < -0.39 is 0 Å². The Bertz CT molecular complexity index is 499. The molecule has 0 aliphatic heterocycles. The van der Waals surface area contributed by atoms with E-state index >= 15 is 0 Å². The molecule has 0 saturated heterocycles. The summed E-state index contributed by atoms with van der Waals surface area (Å²) in [5, 5.41) is 3.19.